The van der Waals surface area contributed by atoms with E-state index in [9.17, 15) is 9.18 Å². The van der Waals surface area contributed by atoms with Crippen LogP contribution in [0, 0.1) is 5.82 Å². The highest BCUT2D eigenvalue weighted by molar-refractivity contribution is 9.10. The summed E-state index contributed by atoms with van der Waals surface area (Å²) in [7, 11) is 1.95. The summed E-state index contributed by atoms with van der Waals surface area (Å²) in [6.07, 6.45) is 3.67. The fraction of sp³-hybridized carbons (Fsp3) is 0.333. The van der Waals surface area contributed by atoms with Gasteiger partial charge in [0, 0.05) is 50.1 Å². The lowest BCUT2D eigenvalue weighted by atomic mass is 10.2. The molecule has 0 atom stereocenters. The Bertz CT molecular complexity index is 695. The molecule has 1 amide bonds. The number of carbonyl (C=O) groups is 1. The van der Waals surface area contributed by atoms with Crippen molar-refractivity contribution in [1.29, 1.82) is 0 Å². The Morgan fingerprint density at radius 3 is 2.59 bits per heavy atom. The summed E-state index contributed by atoms with van der Waals surface area (Å²) < 4.78 is 15.6. The van der Waals surface area contributed by atoms with E-state index in [-0.39, 0.29) is 11.7 Å². The molecule has 22 heavy (non-hydrogen) atoms. The normalized spacial score (nSPS) is 15.2. The fourth-order valence-electron chi connectivity index (χ4n) is 2.61. The molecule has 0 saturated carbocycles. The van der Waals surface area contributed by atoms with E-state index in [1.165, 1.54) is 18.2 Å². The number of benzene rings is 1. The lowest BCUT2D eigenvalue weighted by molar-refractivity contribution is 0.0745. The number of anilines is 1. The van der Waals surface area contributed by atoms with Crippen LogP contribution >= 0.6 is 15.9 Å². The van der Waals surface area contributed by atoms with Crippen LogP contribution in [0.1, 0.15) is 10.4 Å². The maximum Gasteiger partial charge on any atom is 0.255 e. The topological polar surface area (TPSA) is 41.4 Å². The third kappa shape index (κ3) is 2.85. The van der Waals surface area contributed by atoms with Crippen LogP contribution in [0.15, 0.2) is 35.1 Å². The number of nitrogens with zero attached hydrogens (tertiary/aromatic N) is 4. The number of amides is 1. The van der Waals surface area contributed by atoms with Crippen LogP contribution < -0.4 is 4.90 Å². The number of aryl methyl sites for hydroxylation is 1. The number of imidazole rings is 1. The third-order valence-electron chi connectivity index (χ3n) is 3.81. The molecule has 2 aromatic rings. The molecule has 1 aliphatic heterocycles. The molecule has 2 heterocycles. The van der Waals surface area contributed by atoms with Gasteiger partial charge in [-0.05, 0) is 34.1 Å². The van der Waals surface area contributed by atoms with Crippen LogP contribution in [-0.2, 0) is 7.05 Å². The zero-order valence-electron chi connectivity index (χ0n) is 12.2. The van der Waals surface area contributed by atoms with Gasteiger partial charge in [0.1, 0.15) is 5.82 Å². The predicted molar refractivity (Wildman–Crippen MR) is 85.4 cm³/mol. The molecule has 0 radical (unpaired) electrons. The first-order valence-corrected chi connectivity index (χ1v) is 7.82. The summed E-state index contributed by atoms with van der Waals surface area (Å²) in [5.74, 6) is 0.476. The highest BCUT2D eigenvalue weighted by Gasteiger charge is 2.25. The van der Waals surface area contributed by atoms with Crippen LogP contribution in [0.2, 0.25) is 0 Å². The van der Waals surface area contributed by atoms with E-state index in [1.54, 1.807) is 11.1 Å². The Morgan fingerprint density at radius 2 is 2.00 bits per heavy atom. The molecule has 1 fully saturated rings. The summed E-state index contributed by atoms with van der Waals surface area (Å²) in [5.41, 5.74) is 0.492. The second-order valence-corrected chi connectivity index (χ2v) is 6.10. The van der Waals surface area contributed by atoms with Crippen molar-refractivity contribution in [2.24, 2.45) is 7.05 Å². The maximum absolute atomic E-state index is 13.1. The van der Waals surface area contributed by atoms with Crippen LogP contribution in [0.25, 0.3) is 0 Å². The first-order valence-electron chi connectivity index (χ1n) is 7.03. The van der Waals surface area contributed by atoms with Crippen molar-refractivity contribution in [3.63, 3.8) is 0 Å². The summed E-state index contributed by atoms with van der Waals surface area (Å²) >= 11 is 3.26. The van der Waals surface area contributed by atoms with Gasteiger partial charge in [0.05, 0.1) is 5.56 Å². The van der Waals surface area contributed by atoms with Crippen LogP contribution in [0.4, 0.5) is 10.3 Å². The molecule has 0 aliphatic carbocycles. The number of hydrogen-bond donors (Lipinski definition) is 0. The Hall–Kier alpha value is -1.89. The van der Waals surface area contributed by atoms with E-state index >= 15 is 0 Å². The van der Waals surface area contributed by atoms with Crippen LogP contribution in [0.5, 0.6) is 0 Å². The zero-order chi connectivity index (χ0) is 15.7. The number of piperazine rings is 1. The lowest BCUT2D eigenvalue weighted by Gasteiger charge is -2.35. The van der Waals surface area contributed by atoms with Crippen LogP contribution in [0.3, 0.4) is 0 Å². The van der Waals surface area contributed by atoms with Crippen molar-refractivity contribution in [1.82, 2.24) is 14.5 Å². The van der Waals surface area contributed by atoms with E-state index < -0.39 is 0 Å². The van der Waals surface area contributed by atoms with Gasteiger partial charge in [-0.2, -0.15) is 0 Å². The van der Waals surface area contributed by atoms with Gasteiger partial charge in [-0.3, -0.25) is 4.79 Å². The molecular weight excluding hydrogens is 351 g/mol. The van der Waals surface area contributed by atoms with Crippen molar-refractivity contribution < 1.29 is 9.18 Å². The lowest BCUT2D eigenvalue weighted by Crippen LogP contribution is -2.49. The van der Waals surface area contributed by atoms with Gasteiger partial charge in [-0.1, -0.05) is 0 Å². The van der Waals surface area contributed by atoms with Gasteiger partial charge in [0.2, 0.25) is 5.95 Å². The predicted octanol–water partition coefficient (Wildman–Crippen LogP) is 2.28. The minimum Gasteiger partial charge on any atom is -0.339 e. The molecule has 1 aromatic heterocycles. The summed E-state index contributed by atoms with van der Waals surface area (Å²) in [4.78, 5) is 20.8. The second-order valence-electron chi connectivity index (χ2n) is 5.24. The zero-order valence-corrected chi connectivity index (χ0v) is 13.8. The van der Waals surface area contributed by atoms with E-state index in [2.05, 4.69) is 25.8 Å². The smallest absolute Gasteiger partial charge is 0.255 e. The minimum atomic E-state index is -0.358. The summed E-state index contributed by atoms with van der Waals surface area (Å²) in [6, 6.07) is 4.15. The Morgan fingerprint density at radius 1 is 1.27 bits per heavy atom. The quantitative estimate of drug-likeness (QED) is 0.818. The molecule has 0 N–H and O–H groups in total. The molecular formula is C15H16BrFN4O. The number of hydrogen-bond acceptors (Lipinski definition) is 3. The largest absolute Gasteiger partial charge is 0.339 e. The van der Waals surface area contributed by atoms with Gasteiger partial charge < -0.3 is 14.4 Å². The van der Waals surface area contributed by atoms with Crippen LogP contribution in [-0.4, -0.2) is 46.5 Å². The first-order chi connectivity index (χ1) is 10.6. The Labute approximate surface area is 136 Å². The second kappa shape index (κ2) is 6.08. The molecule has 7 heteroatoms. The highest BCUT2D eigenvalue weighted by atomic mass is 79.9. The van der Waals surface area contributed by atoms with Crippen molar-refractivity contribution in [2.45, 2.75) is 0 Å². The monoisotopic (exact) mass is 366 g/mol. The van der Waals surface area contributed by atoms with Gasteiger partial charge in [-0.25, -0.2) is 9.37 Å². The molecule has 1 aliphatic rings. The minimum absolute atomic E-state index is 0.0774. The summed E-state index contributed by atoms with van der Waals surface area (Å²) in [5, 5.41) is 0. The maximum atomic E-state index is 13.1. The molecule has 3 rings (SSSR count). The van der Waals surface area contributed by atoms with Crippen molar-refractivity contribution in [2.75, 3.05) is 31.1 Å². The molecule has 0 bridgehead atoms. The highest BCUT2D eigenvalue weighted by Crippen LogP contribution is 2.21. The molecule has 1 saturated heterocycles. The first kappa shape index (κ1) is 15.0. The van der Waals surface area contributed by atoms with Gasteiger partial charge in [-0.15, -0.1) is 0 Å². The van der Waals surface area contributed by atoms with Gasteiger partial charge >= 0.3 is 0 Å². The van der Waals surface area contributed by atoms with Crippen molar-refractivity contribution in [3.8, 4) is 0 Å². The summed E-state index contributed by atoms with van der Waals surface area (Å²) in [6.45, 7) is 2.70. The van der Waals surface area contributed by atoms with E-state index in [0.29, 0.717) is 23.1 Å². The van der Waals surface area contributed by atoms with E-state index in [1.807, 2.05) is 17.8 Å². The van der Waals surface area contributed by atoms with Gasteiger partial charge in [0.25, 0.3) is 5.91 Å². The number of halogens is 2. The average molecular weight is 367 g/mol. The standard InChI is InChI=1S/C15H16BrFN4O/c1-19-5-4-18-15(19)21-8-6-20(7-9-21)14(22)12-3-2-11(17)10-13(12)16/h2-5,10H,6-9H2,1H3. The molecule has 116 valence electrons. The Kier molecular flexibility index (Phi) is 4.15. The third-order valence-corrected chi connectivity index (χ3v) is 4.46. The number of carbonyl (C=O) groups excluding carboxylic acids is 1. The number of rotatable bonds is 2. The van der Waals surface area contributed by atoms with Crippen molar-refractivity contribution >= 4 is 27.8 Å². The van der Waals surface area contributed by atoms with Gasteiger partial charge in [0.15, 0.2) is 0 Å². The number of aromatic nitrogens is 2. The average Bonchev–Trinajstić information content (AvgIpc) is 2.93. The van der Waals surface area contributed by atoms with E-state index in [4.69, 9.17) is 0 Å². The molecule has 5 nitrogen and oxygen atoms in total. The SMILES string of the molecule is Cn1ccnc1N1CCN(C(=O)c2ccc(F)cc2Br)CC1. The molecule has 1 aromatic carbocycles. The fourth-order valence-corrected chi connectivity index (χ4v) is 3.13. The molecule has 0 spiro atoms. The van der Waals surface area contributed by atoms with E-state index in [0.717, 1.165) is 19.0 Å². The Balaban J connectivity index is 1.68. The molecule has 0 unspecified atom stereocenters. The van der Waals surface area contributed by atoms with Crippen molar-refractivity contribution in [3.05, 3.63) is 46.4 Å².